The van der Waals surface area contributed by atoms with E-state index in [-0.39, 0.29) is 23.9 Å². The van der Waals surface area contributed by atoms with Crippen molar-refractivity contribution in [2.75, 3.05) is 33.2 Å². The number of hydrogen-bond donors (Lipinski definition) is 0. The fourth-order valence-corrected chi connectivity index (χ4v) is 5.18. The molecule has 0 spiro atoms. The summed E-state index contributed by atoms with van der Waals surface area (Å²) in [5.74, 6) is 2.77. The molecule has 1 aromatic rings. The second-order valence-electron chi connectivity index (χ2n) is 10.7. The maximum atomic E-state index is 13.7. The number of piperazine rings is 1. The molecular formula is C25H43N5O2. The first kappa shape index (κ1) is 24.7. The second kappa shape index (κ2) is 10.8. The van der Waals surface area contributed by atoms with Gasteiger partial charge in [-0.2, -0.15) is 0 Å². The number of nitrogens with zero attached hydrogens (tertiary/aromatic N) is 5. The van der Waals surface area contributed by atoms with Crippen molar-refractivity contribution in [3.05, 3.63) is 18.2 Å². The van der Waals surface area contributed by atoms with E-state index < -0.39 is 0 Å². The highest BCUT2D eigenvalue weighted by molar-refractivity contribution is 5.90. The summed E-state index contributed by atoms with van der Waals surface area (Å²) in [7, 11) is 4.07. The lowest BCUT2D eigenvalue weighted by molar-refractivity contribution is -0.154. The molecule has 3 rings (SSSR count). The van der Waals surface area contributed by atoms with E-state index in [4.69, 9.17) is 0 Å². The van der Waals surface area contributed by atoms with Gasteiger partial charge in [-0.3, -0.25) is 14.5 Å². The standard InChI is InChI=1S/C25H43N5O2/c1-18(2)15-21-25(32)30(14-13-27(21)5)22(16-19(3)4)24(31)29-10-7-20(8-11-29)17-23-26-9-12-28(23)6/h9,12,18-22H,7-8,10-11,13-17H2,1-6H3/t21-,22?/m0/s1. The van der Waals surface area contributed by atoms with Crippen molar-refractivity contribution in [3.8, 4) is 0 Å². The van der Waals surface area contributed by atoms with E-state index in [1.165, 1.54) is 0 Å². The van der Waals surface area contributed by atoms with Crippen LogP contribution in [0.15, 0.2) is 12.4 Å². The molecular weight excluding hydrogens is 402 g/mol. The summed E-state index contributed by atoms with van der Waals surface area (Å²) in [5, 5.41) is 0. The van der Waals surface area contributed by atoms with Gasteiger partial charge in [0.1, 0.15) is 11.9 Å². The van der Waals surface area contributed by atoms with E-state index in [0.29, 0.717) is 24.3 Å². The van der Waals surface area contributed by atoms with Crippen molar-refractivity contribution in [2.24, 2.45) is 24.8 Å². The number of imidazole rings is 1. The zero-order chi connectivity index (χ0) is 23.4. The Labute approximate surface area is 194 Å². The highest BCUT2D eigenvalue weighted by Crippen LogP contribution is 2.26. The molecule has 0 radical (unpaired) electrons. The molecule has 2 aliphatic heterocycles. The van der Waals surface area contributed by atoms with Crippen molar-refractivity contribution in [1.82, 2.24) is 24.3 Å². The van der Waals surface area contributed by atoms with Gasteiger partial charge in [0.2, 0.25) is 11.8 Å². The molecule has 0 aliphatic carbocycles. The van der Waals surface area contributed by atoms with Crippen molar-refractivity contribution < 1.29 is 9.59 Å². The molecule has 2 atom stereocenters. The molecule has 7 nitrogen and oxygen atoms in total. The number of likely N-dealkylation sites (N-methyl/N-ethyl adjacent to an activating group) is 1. The highest BCUT2D eigenvalue weighted by Gasteiger charge is 2.41. The quantitative estimate of drug-likeness (QED) is 0.617. The molecule has 2 saturated heterocycles. The minimum Gasteiger partial charge on any atom is -0.341 e. The number of carbonyl (C=O) groups is 2. The normalized spacial score (nSPS) is 22.2. The van der Waals surface area contributed by atoms with Crippen LogP contribution in [-0.2, 0) is 23.1 Å². The summed E-state index contributed by atoms with van der Waals surface area (Å²) in [6.07, 6.45) is 8.38. The fourth-order valence-electron chi connectivity index (χ4n) is 5.18. The fraction of sp³-hybridized carbons (Fsp3) is 0.800. The monoisotopic (exact) mass is 445 g/mol. The number of amides is 2. The minimum atomic E-state index is -0.336. The maximum Gasteiger partial charge on any atom is 0.245 e. The molecule has 1 aromatic heterocycles. The van der Waals surface area contributed by atoms with Gasteiger partial charge >= 0.3 is 0 Å². The van der Waals surface area contributed by atoms with Crippen molar-refractivity contribution in [1.29, 1.82) is 0 Å². The predicted molar refractivity (Wildman–Crippen MR) is 127 cm³/mol. The summed E-state index contributed by atoms with van der Waals surface area (Å²) >= 11 is 0. The molecule has 0 aromatic carbocycles. The van der Waals surface area contributed by atoms with E-state index in [0.717, 1.165) is 57.6 Å². The first-order valence-electron chi connectivity index (χ1n) is 12.4. The molecule has 2 fully saturated rings. The van der Waals surface area contributed by atoms with Crippen LogP contribution >= 0.6 is 0 Å². The maximum absolute atomic E-state index is 13.7. The Balaban J connectivity index is 1.66. The third-order valence-electron chi connectivity index (χ3n) is 7.16. The van der Waals surface area contributed by atoms with E-state index in [1.54, 1.807) is 0 Å². The third-order valence-corrected chi connectivity index (χ3v) is 7.16. The van der Waals surface area contributed by atoms with Gasteiger partial charge in [-0.1, -0.05) is 27.7 Å². The van der Waals surface area contributed by atoms with Crippen LogP contribution in [-0.4, -0.2) is 81.4 Å². The van der Waals surface area contributed by atoms with Crippen LogP contribution in [0.25, 0.3) is 0 Å². The summed E-state index contributed by atoms with van der Waals surface area (Å²) in [5.41, 5.74) is 0. The number of piperidine rings is 1. The van der Waals surface area contributed by atoms with Gasteiger partial charge in [-0.05, 0) is 50.5 Å². The third kappa shape index (κ3) is 5.91. The number of carbonyl (C=O) groups excluding carboxylic acids is 2. The van der Waals surface area contributed by atoms with Crippen LogP contribution in [0.1, 0.15) is 59.2 Å². The average Bonchev–Trinajstić information content (AvgIpc) is 3.14. The molecule has 2 amide bonds. The Morgan fingerprint density at radius 3 is 2.31 bits per heavy atom. The predicted octanol–water partition coefficient (Wildman–Crippen LogP) is 2.80. The Kier molecular flexibility index (Phi) is 8.37. The Bertz CT molecular complexity index is 766. The van der Waals surface area contributed by atoms with E-state index in [2.05, 4.69) is 42.1 Å². The summed E-state index contributed by atoms with van der Waals surface area (Å²) < 4.78 is 2.09. The first-order valence-corrected chi connectivity index (χ1v) is 12.4. The first-order chi connectivity index (χ1) is 15.2. The molecule has 2 aliphatic rings. The van der Waals surface area contributed by atoms with Crippen LogP contribution in [0.2, 0.25) is 0 Å². The lowest BCUT2D eigenvalue weighted by atomic mass is 9.91. The second-order valence-corrected chi connectivity index (χ2v) is 10.7. The molecule has 3 heterocycles. The Morgan fingerprint density at radius 1 is 1.06 bits per heavy atom. The molecule has 180 valence electrons. The smallest absolute Gasteiger partial charge is 0.245 e. The number of hydrogen-bond acceptors (Lipinski definition) is 4. The molecule has 0 bridgehead atoms. The van der Waals surface area contributed by atoms with Crippen LogP contribution in [0.3, 0.4) is 0 Å². The van der Waals surface area contributed by atoms with E-state index >= 15 is 0 Å². The molecule has 0 saturated carbocycles. The van der Waals surface area contributed by atoms with Gasteiger partial charge < -0.3 is 14.4 Å². The number of likely N-dealkylation sites (tertiary alicyclic amines) is 1. The number of aryl methyl sites for hydroxylation is 1. The van der Waals surface area contributed by atoms with Crippen molar-refractivity contribution in [2.45, 2.75) is 71.9 Å². The number of rotatable bonds is 8. The zero-order valence-corrected chi connectivity index (χ0v) is 21.0. The van der Waals surface area contributed by atoms with Crippen LogP contribution in [0, 0.1) is 17.8 Å². The van der Waals surface area contributed by atoms with Crippen molar-refractivity contribution in [3.63, 3.8) is 0 Å². The summed E-state index contributed by atoms with van der Waals surface area (Å²) in [6, 6.07) is -0.452. The van der Waals surface area contributed by atoms with Gasteiger partial charge in [-0.15, -0.1) is 0 Å². The summed E-state index contributed by atoms with van der Waals surface area (Å²) in [4.78, 5) is 37.7. The minimum absolute atomic E-state index is 0.116. The lowest BCUT2D eigenvalue weighted by Gasteiger charge is -2.44. The lowest BCUT2D eigenvalue weighted by Crippen LogP contribution is -2.62. The largest absolute Gasteiger partial charge is 0.341 e. The van der Waals surface area contributed by atoms with Crippen LogP contribution in [0.4, 0.5) is 0 Å². The Morgan fingerprint density at radius 2 is 1.75 bits per heavy atom. The SMILES string of the molecule is CC(C)CC(C(=O)N1CCC(Cc2nccn2C)CC1)N1CCN(C)[C@@H](CC(C)C)C1=O. The van der Waals surface area contributed by atoms with Crippen molar-refractivity contribution >= 4 is 11.8 Å². The summed E-state index contributed by atoms with van der Waals surface area (Å²) in [6.45, 7) is 11.6. The molecule has 32 heavy (non-hydrogen) atoms. The van der Waals surface area contributed by atoms with Gasteiger partial charge in [0, 0.05) is 52.0 Å². The molecule has 1 unspecified atom stereocenters. The van der Waals surface area contributed by atoms with E-state index in [1.807, 2.05) is 36.3 Å². The zero-order valence-electron chi connectivity index (χ0n) is 21.0. The topological polar surface area (TPSA) is 61.7 Å². The van der Waals surface area contributed by atoms with Gasteiger partial charge in [0.25, 0.3) is 0 Å². The number of aromatic nitrogens is 2. The van der Waals surface area contributed by atoms with E-state index in [9.17, 15) is 9.59 Å². The van der Waals surface area contributed by atoms with Crippen LogP contribution in [0.5, 0.6) is 0 Å². The Hall–Kier alpha value is -1.89. The van der Waals surface area contributed by atoms with Gasteiger partial charge in [0.05, 0.1) is 6.04 Å². The molecule has 7 heteroatoms. The van der Waals surface area contributed by atoms with Gasteiger partial charge in [-0.25, -0.2) is 4.98 Å². The van der Waals surface area contributed by atoms with Gasteiger partial charge in [0.15, 0.2) is 0 Å². The highest BCUT2D eigenvalue weighted by atomic mass is 16.2. The molecule has 0 N–H and O–H groups in total. The average molecular weight is 446 g/mol. The van der Waals surface area contributed by atoms with Crippen LogP contribution < -0.4 is 0 Å².